The Labute approximate surface area is 161 Å². The Morgan fingerprint density at radius 1 is 1.00 bits per heavy atom. The minimum absolute atomic E-state index is 0.137. The van der Waals surface area contributed by atoms with Crippen LogP contribution in [0.25, 0.3) is 10.9 Å². The number of carbonyl (C=O) groups is 2. The van der Waals surface area contributed by atoms with Crippen LogP contribution in [0.15, 0.2) is 42.5 Å². The number of fused-ring (bicyclic) bond motifs is 2. The third-order valence-electron chi connectivity index (χ3n) is 4.66. The Morgan fingerprint density at radius 2 is 1.70 bits per heavy atom. The molecule has 0 saturated carbocycles. The average Bonchev–Trinajstić information content (AvgIpc) is 3.08. The SMILES string of the molecule is CC(=O)Nc1ccc(NC(=O)c2c3c(nc4ccc(Cl)cc24)CCC3)cc1. The van der Waals surface area contributed by atoms with Crippen LogP contribution in [0.2, 0.25) is 5.02 Å². The number of benzene rings is 2. The summed E-state index contributed by atoms with van der Waals surface area (Å²) in [4.78, 5) is 28.9. The molecule has 1 aliphatic rings. The zero-order chi connectivity index (χ0) is 19.0. The van der Waals surface area contributed by atoms with Gasteiger partial charge in [0.05, 0.1) is 11.1 Å². The third kappa shape index (κ3) is 3.51. The molecule has 0 saturated heterocycles. The lowest BCUT2D eigenvalue weighted by atomic mass is 10.0. The zero-order valence-corrected chi connectivity index (χ0v) is 15.6. The first-order valence-corrected chi connectivity index (χ1v) is 9.19. The molecule has 0 spiro atoms. The summed E-state index contributed by atoms with van der Waals surface area (Å²) in [5.74, 6) is -0.308. The molecule has 0 unspecified atom stereocenters. The van der Waals surface area contributed by atoms with Crippen molar-refractivity contribution in [2.45, 2.75) is 26.2 Å². The first-order chi connectivity index (χ1) is 13.0. The first-order valence-electron chi connectivity index (χ1n) is 8.81. The summed E-state index contributed by atoms with van der Waals surface area (Å²) in [6.07, 6.45) is 2.73. The smallest absolute Gasteiger partial charge is 0.256 e. The Morgan fingerprint density at radius 3 is 2.41 bits per heavy atom. The number of nitrogens with one attached hydrogen (secondary N) is 2. The lowest BCUT2D eigenvalue weighted by Gasteiger charge is -2.13. The van der Waals surface area contributed by atoms with Crippen LogP contribution in [-0.4, -0.2) is 16.8 Å². The number of hydrogen-bond acceptors (Lipinski definition) is 3. The summed E-state index contributed by atoms with van der Waals surface area (Å²) in [5, 5.41) is 7.02. The molecule has 27 heavy (non-hydrogen) atoms. The molecule has 2 aromatic carbocycles. The lowest BCUT2D eigenvalue weighted by Crippen LogP contribution is -2.16. The molecule has 1 aromatic heterocycles. The van der Waals surface area contributed by atoms with Crippen molar-refractivity contribution >= 4 is 45.7 Å². The van der Waals surface area contributed by atoms with Gasteiger partial charge in [-0.2, -0.15) is 0 Å². The molecule has 0 radical (unpaired) electrons. The lowest BCUT2D eigenvalue weighted by molar-refractivity contribution is -0.114. The maximum atomic E-state index is 13.1. The summed E-state index contributed by atoms with van der Waals surface area (Å²) in [6, 6.07) is 12.5. The second-order valence-corrected chi connectivity index (χ2v) is 7.08. The number of hydrogen-bond donors (Lipinski definition) is 2. The maximum absolute atomic E-state index is 13.1. The zero-order valence-electron chi connectivity index (χ0n) is 14.8. The normalized spacial score (nSPS) is 12.7. The second-order valence-electron chi connectivity index (χ2n) is 6.64. The minimum Gasteiger partial charge on any atom is -0.326 e. The van der Waals surface area contributed by atoms with Crippen molar-refractivity contribution in [3.05, 3.63) is 64.3 Å². The number of aryl methyl sites for hydroxylation is 1. The molecule has 4 rings (SSSR count). The average molecular weight is 380 g/mol. The van der Waals surface area contributed by atoms with Gasteiger partial charge in [-0.25, -0.2) is 0 Å². The number of carbonyl (C=O) groups excluding carboxylic acids is 2. The standard InChI is InChI=1S/C21H18ClN3O2/c1-12(26)23-14-6-8-15(9-7-14)24-21(27)20-16-3-2-4-18(16)25-19-10-5-13(22)11-17(19)20/h5-11H,2-4H2,1H3,(H,23,26)(H,24,27). The molecule has 0 aliphatic heterocycles. The molecular weight excluding hydrogens is 362 g/mol. The van der Waals surface area contributed by atoms with Gasteiger partial charge in [0.1, 0.15) is 0 Å². The van der Waals surface area contributed by atoms with Gasteiger partial charge in [0.25, 0.3) is 5.91 Å². The number of nitrogens with zero attached hydrogens (tertiary/aromatic N) is 1. The number of rotatable bonds is 3. The molecule has 3 aromatic rings. The van der Waals surface area contributed by atoms with E-state index in [9.17, 15) is 9.59 Å². The van der Waals surface area contributed by atoms with Crippen LogP contribution in [0, 0.1) is 0 Å². The quantitative estimate of drug-likeness (QED) is 0.699. The topological polar surface area (TPSA) is 71.1 Å². The molecule has 1 aliphatic carbocycles. The van der Waals surface area contributed by atoms with Gasteiger partial charge in [-0.3, -0.25) is 14.6 Å². The number of anilines is 2. The minimum atomic E-state index is -0.171. The van der Waals surface area contributed by atoms with E-state index in [1.165, 1.54) is 6.92 Å². The number of pyridine rings is 1. The van der Waals surface area contributed by atoms with Gasteiger partial charge in [0, 0.05) is 34.4 Å². The van der Waals surface area contributed by atoms with Crippen LogP contribution in [-0.2, 0) is 17.6 Å². The van der Waals surface area contributed by atoms with Crippen LogP contribution in [0.4, 0.5) is 11.4 Å². The molecule has 0 atom stereocenters. The van der Waals surface area contributed by atoms with E-state index >= 15 is 0 Å². The highest BCUT2D eigenvalue weighted by atomic mass is 35.5. The summed E-state index contributed by atoms with van der Waals surface area (Å²) in [7, 11) is 0. The predicted molar refractivity (Wildman–Crippen MR) is 107 cm³/mol. The van der Waals surface area contributed by atoms with Crippen molar-refractivity contribution in [3.8, 4) is 0 Å². The highest BCUT2D eigenvalue weighted by Gasteiger charge is 2.24. The monoisotopic (exact) mass is 379 g/mol. The molecule has 0 fully saturated rings. The Kier molecular flexibility index (Phi) is 4.54. The Balaban J connectivity index is 1.70. The van der Waals surface area contributed by atoms with Crippen molar-refractivity contribution in [1.82, 2.24) is 4.98 Å². The van der Waals surface area contributed by atoms with Gasteiger partial charge in [-0.1, -0.05) is 11.6 Å². The van der Waals surface area contributed by atoms with Crippen molar-refractivity contribution < 1.29 is 9.59 Å². The third-order valence-corrected chi connectivity index (χ3v) is 4.90. The summed E-state index contributed by atoms with van der Waals surface area (Å²) >= 11 is 6.17. The molecule has 5 nitrogen and oxygen atoms in total. The fraction of sp³-hybridized carbons (Fsp3) is 0.190. The molecule has 136 valence electrons. The predicted octanol–water partition coefficient (Wildman–Crippen LogP) is 4.59. The maximum Gasteiger partial charge on any atom is 0.256 e. The van der Waals surface area contributed by atoms with Gasteiger partial charge >= 0.3 is 0 Å². The fourth-order valence-electron chi connectivity index (χ4n) is 3.53. The summed E-state index contributed by atoms with van der Waals surface area (Å²) in [6.45, 7) is 1.45. The van der Waals surface area contributed by atoms with E-state index in [2.05, 4.69) is 10.6 Å². The van der Waals surface area contributed by atoms with Gasteiger partial charge in [-0.05, 0) is 67.3 Å². The van der Waals surface area contributed by atoms with Gasteiger partial charge < -0.3 is 10.6 Å². The van der Waals surface area contributed by atoms with Crippen LogP contribution < -0.4 is 10.6 Å². The van der Waals surface area contributed by atoms with Crippen LogP contribution >= 0.6 is 11.6 Å². The summed E-state index contributed by atoms with van der Waals surface area (Å²) in [5.41, 5.74) is 4.79. The van der Waals surface area contributed by atoms with E-state index in [1.807, 2.05) is 6.07 Å². The Bertz CT molecular complexity index is 1060. The fourth-order valence-corrected chi connectivity index (χ4v) is 3.70. The number of amides is 2. The van der Waals surface area contributed by atoms with Gasteiger partial charge in [0.15, 0.2) is 0 Å². The van der Waals surface area contributed by atoms with Crippen LogP contribution in [0.1, 0.15) is 35.0 Å². The highest BCUT2D eigenvalue weighted by Crippen LogP contribution is 2.32. The van der Waals surface area contributed by atoms with E-state index in [1.54, 1.807) is 36.4 Å². The van der Waals surface area contributed by atoms with Crippen molar-refractivity contribution in [1.29, 1.82) is 0 Å². The van der Waals surface area contributed by atoms with Crippen LogP contribution in [0.3, 0.4) is 0 Å². The van der Waals surface area contributed by atoms with Gasteiger partial charge in [-0.15, -0.1) is 0 Å². The van der Waals surface area contributed by atoms with Gasteiger partial charge in [0.2, 0.25) is 5.91 Å². The summed E-state index contributed by atoms with van der Waals surface area (Å²) < 4.78 is 0. The molecule has 2 amide bonds. The molecule has 0 bridgehead atoms. The largest absolute Gasteiger partial charge is 0.326 e. The number of halogens is 1. The molecule has 2 N–H and O–H groups in total. The number of aromatic nitrogens is 1. The Hall–Kier alpha value is -2.92. The van der Waals surface area contributed by atoms with Crippen LogP contribution in [0.5, 0.6) is 0 Å². The highest BCUT2D eigenvalue weighted by molar-refractivity contribution is 6.31. The van der Waals surface area contributed by atoms with E-state index < -0.39 is 0 Å². The molecular formula is C21H18ClN3O2. The van der Waals surface area contributed by atoms with Crippen molar-refractivity contribution in [3.63, 3.8) is 0 Å². The second kappa shape index (κ2) is 7.00. The van der Waals surface area contributed by atoms with E-state index in [0.717, 1.165) is 41.4 Å². The van der Waals surface area contributed by atoms with Crippen molar-refractivity contribution in [2.75, 3.05) is 10.6 Å². The first kappa shape index (κ1) is 17.5. The van der Waals surface area contributed by atoms with Crippen molar-refractivity contribution in [2.24, 2.45) is 0 Å². The van der Waals surface area contributed by atoms with E-state index in [0.29, 0.717) is 22.0 Å². The van der Waals surface area contributed by atoms with E-state index in [4.69, 9.17) is 16.6 Å². The van der Waals surface area contributed by atoms with E-state index in [-0.39, 0.29) is 11.8 Å². The molecule has 6 heteroatoms. The molecule has 1 heterocycles.